The minimum absolute atomic E-state index is 0.176. The molecule has 0 saturated carbocycles. The normalized spacial score (nSPS) is 12.2. The minimum Gasteiger partial charge on any atom is -0.384 e. The molecule has 100 valence electrons. The number of methoxy groups -OCH3 is 1. The monoisotopic (exact) mass is 317 g/mol. The van der Waals surface area contributed by atoms with E-state index in [4.69, 9.17) is 4.74 Å². The fourth-order valence-electron chi connectivity index (χ4n) is 1.58. The summed E-state index contributed by atoms with van der Waals surface area (Å²) in [6, 6.07) is 4.15. The standard InChI is InChI=1S/C13H17BrFNO2/c1-9-7-11(15)3-4-12(9)13(17)16-6-5-10(14)8-18-2/h3-4,7,10H,5-6,8H2,1-2H3,(H,16,17). The van der Waals surface area contributed by atoms with Crippen LogP contribution in [0.5, 0.6) is 0 Å². The summed E-state index contributed by atoms with van der Waals surface area (Å²) < 4.78 is 17.9. The topological polar surface area (TPSA) is 38.3 Å². The number of ether oxygens (including phenoxy) is 1. The van der Waals surface area contributed by atoms with Crippen LogP contribution in [0.25, 0.3) is 0 Å². The Hall–Kier alpha value is -0.940. The maximum atomic E-state index is 12.9. The second kappa shape index (κ2) is 7.48. The van der Waals surface area contributed by atoms with E-state index in [1.807, 2.05) is 0 Å². The van der Waals surface area contributed by atoms with E-state index in [0.717, 1.165) is 6.42 Å². The number of nitrogens with one attached hydrogen (secondary N) is 1. The fourth-order valence-corrected chi connectivity index (χ4v) is 2.08. The zero-order valence-electron chi connectivity index (χ0n) is 10.5. The molecule has 1 aromatic rings. The number of hydrogen-bond donors (Lipinski definition) is 1. The van der Waals surface area contributed by atoms with Gasteiger partial charge in [-0.05, 0) is 37.1 Å². The Morgan fingerprint density at radius 2 is 2.28 bits per heavy atom. The van der Waals surface area contributed by atoms with Gasteiger partial charge in [0.05, 0.1) is 6.61 Å². The van der Waals surface area contributed by atoms with Crippen molar-refractivity contribution in [2.24, 2.45) is 0 Å². The van der Waals surface area contributed by atoms with Gasteiger partial charge in [0.2, 0.25) is 0 Å². The van der Waals surface area contributed by atoms with Gasteiger partial charge >= 0.3 is 0 Å². The first-order chi connectivity index (χ1) is 8.54. The van der Waals surface area contributed by atoms with Crippen LogP contribution in [0, 0.1) is 12.7 Å². The molecule has 0 fully saturated rings. The molecule has 0 aliphatic heterocycles. The molecule has 0 aromatic heterocycles. The highest BCUT2D eigenvalue weighted by molar-refractivity contribution is 9.09. The lowest BCUT2D eigenvalue weighted by Gasteiger charge is -2.10. The van der Waals surface area contributed by atoms with E-state index >= 15 is 0 Å². The van der Waals surface area contributed by atoms with Gasteiger partial charge in [0.25, 0.3) is 5.91 Å². The number of benzene rings is 1. The second-order valence-electron chi connectivity index (χ2n) is 4.06. The number of carbonyl (C=O) groups excluding carboxylic acids is 1. The molecule has 1 aromatic carbocycles. The number of aryl methyl sites for hydroxylation is 1. The van der Waals surface area contributed by atoms with Gasteiger partial charge in [-0.15, -0.1) is 0 Å². The van der Waals surface area contributed by atoms with Crippen LogP contribution in [0.2, 0.25) is 0 Å². The van der Waals surface area contributed by atoms with Crippen LogP contribution in [0.4, 0.5) is 4.39 Å². The highest BCUT2D eigenvalue weighted by Crippen LogP contribution is 2.10. The van der Waals surface area contributed by atoms with Crippen molar-refractivity contribution < 1.29 is 13.9 Å². The Balaban J connectivity index is 2.45. The molecular weight excluding hydrogens is 301 g/mol. The molecule has 5 heteroatoms. The molecule has 0 bridgehead atoms. The average molecular weight is 318 g/mol. The van der Waals surface area contributed by atoms with Crippen LogP contribution in [-0.2, 0) is 4.74 Å². The zero-order chi connectivity index (χ0) is 13.5. The van der Waals surface area contributed by atoms with E-state index in [-0.39, 0.29) is 16.6 Å². The SMILES string of the molecule is COCC(Br)CCNC(=O)c1ccc(F)cc1C. The van der Waals surface area contributed by atoms with Crippen molar-refractivity contribution in [1.29, 1.82) is 0 Å². The second-order valence-corrected chi connectivity index (χ2v) is 5.35. The number of halogens is 2. The minimum atomic E-state index is -0.329. The molecule has 1 N–H and O–H groups in total. The summed E-state index contributed by atoms with van der Waals surface area (Å²) >= 11 is 3.44. The van der Waals surface area contributed by atoms with E-state index in [0.29, 0.717) is 24.3 Å². The van der Waals surface area contributed by atoms with Gasteiger partial charge in [-0.25, -0.2) is 4.39 Å². The number of carbonyl (C=O) groups is 1. The molecule has 3 nitrogen and oxygen atoms in total. The summed E-state index contributed by atoms with van der Waals surface area (Å²) in [6.07, 6.45) is 0.778. The molecular formula is C13H17BrFNO2. The Bertz CT molecular complexity index is 412. The number of amides is 1. The highest BCUT2D eigenvalue weighted by Gasteiger charge is 2.10. The molecule has 18 heavy (non-hydrogen) atoms. The van der Waals surface area contributed by atoms with Crippen molar-refractivity contribution in [2.75, 3.05) is 20.3 Å². The van der Waals surface area contributed by atoms with Gasteiger partial charge in [0.15, 0.2) is 0 Å². The summed E-state index contributed by atoms with van der Waals surface area (Å²) in [5, 5.41) is 2.80. The lowest BCUT2D eigenvalue weighted by atomic mass is 10.1. The quantitative estimate of drug-likeness (QED) is 0.819. The summed E-state index contributed by atoms with van der Waals surface area (Å²) in [6.45, 7) is 2.87. The Labute approximate surface area is 115 Å². The van der Waals surface area contributed by atoms with Gasteiger partial charge in [0, 0.05) is 24.0 Å². The molecule has 1 amide bonds. The maximum Gasteiger partial charge on any atom is 0.251 e. The summed E-state index contributed by atoms with van der Waals surface area (Å²) in [5.41, 5.74) is 1.15. The number of alkyl halides is 1. The van der Waals surface area contributed by atoms with Crippen molar-refractivity contribution >= 4 is 21.8 Å². The van der Waals surface area contributed by atoms with Crippen molar-refractivity contribution in [2.45, 2.75) is 18.2 Å². The molecule has 0 aliphatic rings. The molecule has 0 spiro atoms. The number of rotatable bonds is 6. The van der Waals surface area contributed by atoms with Crippen LogP contribution in [0.15, 0.2) is 18.2 Å². The van der Waals surface area contributed by atoms with Crippen LogP contribution in [0.3, 0.4) is 0 Å². The number of hydrogen-bond acceptors (Lipinski definition) is 2. The van der Waals surface area contributed by atoms with Gasteiger partial charge in [-0.1, -0.05) is 15.9 Å². The molecule has 1 unspecified atom stereocenters. The summed E-state index contributed by atoms with van der Waals surface area (Å²) in [4.78, 5) is 12.1. The fraction of sp³-hybridized carbons (Fsp3) is 0.462. The Morgan fingerprint density at radius 3 is 2.89 bits per heavy atom. The van der Waals surface area contributed by atoms with E-state index in [9.17, 15) is 9.18 Å². The first-order valence-electron chi connectivity index (χ1n) is 5.72. The van der Waals surface area contributed by atoms with E-state index in [2.05, 4.69) is 21.2 Å². The van der Waals surface area contributed by atoms with Crippen molar-refractivity contribution in [1.82, 2.24) is 5.32 Å². The highest BCUT2D eigenvalue weighted by atomic mass is 79.9. The van der Waals surface area contributed by atoms with Gasteiger partial charge < -0.3 is 10.1 Å². The van der Waals surface area contributed by atoms with Crippen molar-refractivity contribution in [3.05, 3.63) is 35.1 Å². The third-order valence-electron chi connectivity index (χ3n) is 2.52. The van der Waals surface area contributed by atoms with Gasteiger partial charge in [-0.3, -0.25) is 4.79 Å². The summed E-state index contributed by atoms with van der Waals surface area (Å²) in [5.74, 6) is -0.505. The van der Waals surface area contributed by atoms with Crippen LogP contribution in [-0.4, -0.2) is 31.0 Å². The van der Waals surface area contributed by atoms with Gasteiger partial charge in [0.1, 0.15) is 5.82 Å². The molecule has 0 aliphatic carbocycles. The predicted octanol–water partition coefficient (Wildman–Crippen LogP) is 2.66. The van der Waals surface area contributed by atoms with Crippen LogP contribution in [0.1, 0.15) is 22.3 Å². The molecule has 0 heterocycles. The van der Waals surface area contributed by atoms with E-state index in [1.165, 1.54) is 18.2 Å². The van der Waals surface area contributed by atoms with Crippen LogP contribution >= 0.6 is 15.9 Å². The molecule has 1 atom stereocenters. The van der Waals surface area contributed by atoms with Crippen molar-refractivity contribution in [3.63, 3.8) is 0 Å². The Morgan fingerprint density at radius 1 is 1.56 bits per heavy atom. The summed E-state index contributed by atoms with van der Waals surface area (Å²) in [7, 11) is 1.63. The third-order valence-corrected chi connectivity index (χ3v) is 3.25. The zero-order valence-corrected chi connectivity index (χ0v) is 12.1. The molecule has 0 radical (unpaired) electrons. The first-order valence-corrected chi connectivity index (χ1v) is 6.63. The lowest BCUT2D eigenvalue weighted by Crippen LogP contribution is -2.27. The lowest BCUT2D eigenvalue weighted by molar-refractivity contribution is 0.0951. The Kier molecular flexibility index (Phi) is 6.29. The van der Waals surface area contributed by atoms with Crippen LogP contribution < -0.4 is 5.32 Å². The first kappa shape index (κ1) is 15.1. The third kappa shape index (κ3) is 4.74. The van der Waals surface area contributed by atoms with E-state index in [1.54, 1.807) is 14.0 Å². The predicted molar refractivity (Wildman–Crippen MR) is 72.7 cm³/mol. The maximum absolute atomic E-state index is 12.9. The van der Waals surface area contributed by atoms with E-state index < -0.39 is 0 Å². The largest absolute Gasteiger partial charge is 0.384 e. The van der Waals surface area contributed by atoms with Crippen molar-refractivity contribution in [3.8, 4) is 0 Å². The average Bonchev–Trinajstić information content (AvgIpc) is 2.29. The molecule has 0 saturated heterocycles. The smallest absolute Gasteiger partial charge is 0.251 e. The molecule has 1 rings (SSSR count). The van der Waals surface area contributed by atoms with Gasteiger partial charge in [-0.2, -0.15) is 0 Å².